The largest absolute Gasteiger partial charge is 0.376 e. The molecule has 0 saturated heterocycles. The van der Waals surface area contributed by atoms with Crippen molar-refractivity contribution < 1.29 is 4.92 Å². The van der Waals surface area contributed by atoms with E-state index in [9.17, 15) is 14.9 Å². The molecule has 138 valence electrons. The fourth-order valence-electron chi connectivity index (χ4n) is 3.00. The summed E-state index contributed by atoms with van der Waals surface area (Å²) in [5.74, 6) is -0.0966. The van der Waals surface area contributed by atoms with Crippen molar-refractivity contribution in [1.29, 1.82) is 0 Å². The number of benzene rings is 1. The normalized spacial score (nSPS) is 11.9. The lowest BCUT2D eigenvalue weighted by Gasteiger charge is -2.19. The molecule has 0 radical (unpaired) electrons. The van der Waals surface area contributed by atoms with Crippen molar-refractivity contribution in [2.45, 2.75) is 6.04 Å². The van der Waals surface area contributed by atoms with Crippen molar-refractivity contribution >= 4 is 17.2 Å². The molecule has 8 nitrogen and oxygen atoms in total. The summed E-state index contributed by atoms with van der Waals surface area (Å²) in [5, 5.41) is 14.7. The van der Waals surface area contributed by atoms with Crippen LogP contribution in [-0.4, -0.2) is 19.3 Å². The van der Waals surface area contributed by atoms with Crippen LogP contribution in [0.15, 0.2) is 83.9 Å². The Bertz CT molecular complexity index is 1150. The summed E-state index contributed by atoms with van der Waals surface area (Å²) in [7, 11) is 0. The Labute approximate surface area is 159 Å². The molecule has 0 aliphatic heterocycles. The van der Waals surface area contributed by atoms with Gasteiger partial charge >= 0.3 is 11.2 Å². The molecule has 0 saturated carbocycles. The molecule has 0 aliphatic rings. The van der Waals surface area contributed by atoms with Gasteiger partial charge in [-0.05, 0) is 29.8 Å². The van der Waals surface area contributed by atoms with Crippen molar-refractivity contribution in [2.75, 3.05) is 5.32 Å². The summed E-state index contributed by atoms with van der Waals surface area (Å²) < 4.78 is 1.15. The summed E-state index contributed by atoms with van der Waals surface area (Å²) in [6.45, 7) is 0. The second-order valence-electron chi connectivity index (χ2n) is 6.04. The first-order valence-corrected chi connectivity index (χ1v) is 8.53. The maximum Gasteiger partial charge on any atom is 0.376 e. The number of pyridine rings is 2. The van der Waals surface area contributed by atoms with Crippen LogP contribution in [-0.2, 0) is 0 Å². The summed E-state index contributed by atoms with van der Waals surface area (Å²) in [4.78, 5) is 32.3. The van der Waals surface area contributed by atoms with Crippen molar-refractivity contribution in [2.24, 2.45) is 0 Å². The number of hydrogen-bond donors (Lipinski definition) is 1. The third-order valence-corrected chi connectivity index (χ3v) is 4.29. The molecule has 3 heterocycles. The highest BCUT2D eigenvalue weighted by molar-refractivity contribution is 5.61. The Balaban J connectivity index is 1.90. The minimum Gasteiger partial charge on any atom is -0.352 e. The first-order valence-electron chi connectivity index (χ1n) is 8.53. The molecule has 1 N–H and O–H groups in total. The number of rotatable bonds is 5. The lowest BCUT2D eigenvalue weighted by molar-refractivity contribution is -0.385. The maximum atomic E-state index is 12.7. The Morgan fingerprint density at radius 3 is 2.46 bits per heavy atom. The van der Waals surface area contributed by atoms with E-state index in [1.54, 1.807) is 30.5 Å². The van der Waals surface area contributed by atoms with Crippen LogP contribution in [0.25, 0.3) is 5.65 Å². The average molecular weight is 373 g/mol. The monoisotopic (exact) mass is 373 g/mol. The topological polar surface area (TPSA) is 102 Å². The second kappa shape index (κ2) is 7.28. The molecule has 0 fully saturated rings. The summed E-state index contributed by atoms with van der Waals surface area (Å²) in [5.41, 5.74) is 0.448. The van der Waals surface area contributed by atoms with Crippen LogP contribution in [0.3, 0.4) is 0 Å². The molecule has 4 rings (SSSR count). The second-order valence-corrected chi connectivity index (χ2v) is 6.04. The standard InChI is InChI=1S/C20H15N5O3/c26-20-18(25(27)28)19(22-16-11-5-7-13-24(16)20)23-17(14-8-2-1-3-9-14)15-10-4-6-12-21-15/h1-13,17,23H. The quantitative estimate of drug-likeness (QED) is 0.426. The molecule has 0 bridgehead atoms. The van der Waals surface area contributed by atoms with Crippen LogP contribution in [0.5, 0.6) is 0 Å². The van der Waals surface area contributed by atoms with E-state index in [-0.39, 0.29) is 5.82 Å². The van der Waals surface area contributed by atoms with Gasteiger partial charge in [-0.2, -0.15) is 0 Å². The first kappa shape index (κ1) is 17.3. The number of hydrogen-bond acceptors (Lipinski definition) is 6. The highest BCUT2D eigenvalue weighted by Crippen LogP contribution is 2.28. The molecule has 3 aromatic heterocycles. The smallest absolute Gasteiger partial charge is 0.352 e. The van der Waals surface area contributed by atoms with Gasteiger partial charge in [-0.15, -0.1) is 0 Å². The highest BCUT2D eigenvalue weighted by atomic mass is 16.6. The van der Waals surface area contributed by atoms with Crippen molar-refractivity contribution in [3.63, 3.8) is 0 Å². The molecule has 0 aliphatic carbocycles. The van der Waals surface area contributed by atoms with Crippen molar-refractivity contribution in [3.8, 4) is 0 Å². The number of nitrogens with zero attached hydrogens (tertiary/aromatic N) is 4. The number of aromatic nitrogens is 3. The molecular weight excluding hydrogens is 358 g/mol. The first-order chi connectivity index (χ1) is 13.6. The molecule has 0 amide bonds. The predicted molar refractivity (Wildman–Crippen MR) is 104 cm³/mol. The minimum atomic E-state index is -0.745. The fourth-order valence-corrected chi connectivity index (χ4v) is 3.00. The van der Waals surface area contributed by atoms with Gasteiger partial charge in [0.2, 0.25) is 5.82 Å². The lowest BCUT2D eigenvalue weighted by atomic mass is 10.0. The van der Waals surface area contributed by atoms with Gasteiger partial charge < -0.3 is 5.32 Å². The number of nitro groups is 1. The van der Waals surface area contributed by atoms with Crippen LogP contribution < -0.4 is 10.9 Å². The molecule has 1 unspecified atom stereocenters. The summed E-state index contributed by atoms with van der Waals surface area (Å²) in [6, 6.07) is 19.2. The number of nitrogens with one attached hydrogen (secondary N) is 1. The van der Waals surface area contributed by atoms with Gasteiger partial charge in [-0.25, -0.2) is 4.98 Å². The molecule has 8 heteroatoms. The molecule has 1 atom stereocenters. The zero-order valence-corrected chi connectivity index (χ0v) is 14.6. The van der Waals surface area contributed by atoms with Gasteiger partial charge in [0, 0.05) is 12.4 Å². The Hall–Kier alpha value is -4.07. The van der Waals surface area contributed by atoms with Crippen LogP contribution >= 0.6 is 0 Å². The Morgan fingerprint density at radius 2 is 1.75 bits per heavy atom. The molecule has 1 aromatic carbocycles. The van der Waals surface area contributed by atoms with Crippen LogP contribution in [0.4, 0.5) is 11.5 Å². The molecule has 0 spiro atoms. The van der Waals surface area contributed by atoms with Crippen LogP contribution in [0, 0.1) is 10.1 Å². The van der Waals surface area contributed by atoms with E-state index >= 15 is 0 Å². The van der Waals surface area contributed by atoms with Gasteiger partial charge in [0.1, 0.15) is 5.65 Å². The van der Waals surface area contributed by atoms with E-state index in [4.69, 9.17) is 0 Å². The van der Waals surface area contributed by atoms with E-state index in [0.717, 1.165) is 9.96 Å². The molecule has 28 heavy (non-hydrogen) atoms. The highest BCUT2D eigenvalue weighted by Gasteiger charge is 2.27. The predicted octanol–water partition coefficient (Wildman–Crippen LogP) is 3.20. The molecular formula is C20H15N5O3. The van der Waals surface area contributed by atoms with Crippen LogP contribution in [0.1, 0.15) is 17.3 Å². The van der Waals surface area contributed by atoms with E-state index in [0.29, 0.717) is 11.3 Å². The number of anilines is 1. The number of fused-ring (bicyclic) bond motifs is 1. The third-order valence-electron chi connectivity index (χ3n) is 4.29. The van der Waals surface area contributed by atoms with Crippen molar-refractivity contribution in [3.05, 3.63) is 111 Å². The van der Waals surface area contributed by atoms with Gasteiger partial charge in [0.15, 0.2) is 0 Å². The van der Waals surface area contributed by atoms with Gasteiger partial charge in [0.25, 0.3) is 0 Å². The molecule has 4 aromatic rings. The minimum absolute atomic E-state index is 0.0966. The zero-order valence-electron chi connectivity index (χ0n) is 14.6. The van der Waals surface area contributed by atoms with E-state index in [1.165, 1.54) is 6.20 Å². The van der Waals surface area contributed by atoms with E-state index in [1.807, 2.05) is 42.5 Å². The van der Waals surface area contributed by atoms with E-state index in [2.05, 4.69) is 15.3 Å². The fraction of sp³-hybridized carbons (Fsp3) is 0.0500. The maximum absolute atomic E-state index is 12.7. The summed E-state index contributed by atoms with van der Waals surface area (Å²) >= 11 is 0. The average Bonchev–Trinajstić information content (AvgIpc) is 2.73. The van der Waals surface area contributed by atoms with Crippen molar-refractivity contribution in [1.82, 2.24) is 14.4 Å². The van der Waals surface area contributed by atoms with Gasteiger partial charge in [0.05, 0.1) is 16.7 Å². The third kappa shape index (κ3) is 3.18. The Kier molecular flexibility index (Phi) is 4.51. The summed E-state index contributed by atoms with van der Waals surface area (Å²) in [6.07, 6.45) is 3.10. The lowest BCUT2D eigenvalue weighted by Crippen LogP contribution is -2.23. The van der Waals surface area contributed by atoms with Crippen LogP contribution in [0.2, 0.25) is 0 Å². The zero-order chi connectivity index (χ0) is 19.5. The van der Waals surface area contributed by atoms with Gasteiger partial charge in [-0.1, -0.05) is 42.5 Å². The van der Waals surface area contributed by atoms with Gasteiger partial charge in [-0.3, -0.25) is 24.3 Å². The van der Waals surface area contributed by atoms with E-state index < -0.39 is 22.2 Å². The Morgan fingerprint density at radius 1 is 1.00 bits per heavy atom. The SMILES string of the molecule is O=c1c([N+](=O)[O-])c(NC(c2ccccc2)c2ccccn2)nc2ccccn12.